The van der Waals surface area contributed by atoms with E-state index >= 15 is 0 Å². The van der Waals surface area contributed by atoms with Crippen LogP contribution in [-0.4, -0.2) is 92.7 Å². The summed E-state index contributed by atoms with van der Waals surface area (Å²) in [6.45, 7) is 1.43. The lowest BCUT2D eigenvalue weighted by atomic mass is 9.96. The van der Waals surface area contributed by atoms with Crippen LogP contribution >= 0.6 is 11.6 Å². The molecular formula is C21H23ClN4O9S. The summed E-state index contributed by atoms with van der Waals surface area (Å²) in [6, 6.07) is 0.697. The molecule has 0 spiro atoms. The van der Waals surface area contributed by atoms with Crippen molar-refractivity contribution in [3.05, 3.63) is 22.7 Å². The lowest BCUT2D eigenvalue weighted by molar-refractivity contribution is -0.156. The molecule has 0 saturated carbocycles. The average Bonchev–Trinajstić information content (AvgIpc) is 2.97. The summed E-state index contributed by atoms with van der Waals surface area (Å²) in [7, 11) is -4.12. The first-order valence-corrected chi connectivity index (χ1v) is 12.8. The van der Waals surface area contributed by atoms with Crippen molar-refractivity contribution in [2.24, 2.45) is 11.0 Å². The molecule has 36 heavy (non-hydrogen) atoms. The molecule has 3 saturated heterocycles. The number of carbonyl (C=O) groups is 4. The van der Waals surface area contributed by atoms with Crippen molar-refractivity contribution >= 4 is 51.3 Å². The Bertz CT molecular complexity index is 1300. The fraction of sp³-hybridized carbons (Fsp3) is 0.476. The van der Waals surface area contributed by atoms with Crippen molar-refractivity contribution in [1.29, 1.82) is 0 Å². The van der Waals surface area contributed by atoms with E-state index in [1.165, 1.54) is 11.0 Å². The number of nitrogens with zero attached hydrogens (tertiary/aromatic N) is 3. The number of nitrogens with one attached hydrogen (secondary N) is 1. The fourth-order valence-electron chi connectivity index (χ4n) is 4.78. The topological polar surface area (TPSA) is 194 Å². The van der Waals surface area contributed by atoms with Crippen LogP contribution in [0.2, 0.25) is 5.02 Å². The maximum absolute atomic E-state index is 12.9. The molecule has 0 aliphatic carbocycles. The van der Waals surface area contributed by atoms with Crippen LogP contribution in [0.25, 0.3) is 0 Å². The standard InChI is InChI=1S/C21H23ClN4O9S/c1-21(17(20(32)33)26-13(28)7-14(26)36(21,34)35)9-23-24-18(30)10-3-2-6-25(8-10)19(31)11-4-5-12(27)16(29)15(11)22/h4-5,9-10,14,17,27,29H,2-3,6-8H2,1H3,(H,24,30)(H,32,33)/b23-9+/t10?,14-,17+,21?/m1/s1. The number of piperidine rings is 1. The van der Waals surface area contributed by atoms with Crippen LogP contribution in [0.15, 0.2) is 17.2 Å². The van der Waals surface area contributed by atoms with Crippen molar-refractivity contribution in [2.75, 3.05) is 13.1 Å². The van der Waals surface area contributed by atoms with Gasteiger partial charge in [-0.3, -0.25) is 14.4 Å². The molecule has 3 fully saturated rings. The summed E-state index contributed by atoms with van der Waals surface area (Å²) < 4.78 is 23.7. The van der Waals surface area contributed by atoms with Gasteiger partial charge in [0.1, 0.15) is 10.1 Å². The van der Waals surface area contributed by atoms with Crippen molar-refractivity contribution < 1.29 is 42.9 Å². The van der Waals surface area contributed by atoms with Crippen molar-refractivity contribution in [2.45, 2.75) is 42.3 Å². The first-order valence-electron chi connectivity index (χ1n) is 10.9. The second-order valence-corrected chi connectivity index (χ2v) is 11.9. The van der Waals surface area contributed by atoms with Gasteiger partial charge in [0.2, 0.25) is 11.8 Å². The zero-order valence-corrected chi connectivity index (χ0v) is 20.5. The molecule has 3 amide bonds. The van der Waals surface area contributed by atoms with Gasteiger partial charge in [-0.05, 0) is 31.9 Å². The van der Waals surface area contributed by atoms with Crippen LogP contribution in [0.1, 0.15) is 36.5 Å². The molecule has 1 aromatic rings. The highest BCUT2D eigenvalue weighted by Crippen LogP contribution is 2.45. The highest BCUT2D eigenvalue weighted by Gasteiger charge is 2.69. The van der Waals surface area contributed by atoms with Crippen LogP contribution in [0, 0.1) is 5.92 Å². The minimum atomic E-state index is -4.12. The number of aliphatic carboxylic acids is 1. The van der Waals surface area contributed by atoms with Crippen LogP contribution in [0.5, 0.6) is 11.5 Å². The molecule has 2 unspecified atom stereocenters. The summed E-state index contributed by atoms with van der Waals surface area (Å²) in [5.74, 6) is -5.10. The van der Waals surface area contributed by atoms with E-state index in [2.05, 4.69) is 10.5 Å². The number of phenolic OH excluding ortho intramolecular Hbond substituents is 2. The summed E-state index contributed by atoms with van der Waals surface area (Å²) >= 11 is 5.98. The maximum atomic E-state index is 12.9. The predicted octanol–water partition coefficient (Wildman–Crippen LogP) is -0.0959. The molecule has 0 radical (unpaired) electrons. The molecular weight excluding hydrogens is 520 g/mol. The molecule has 4 atom stereocenters. The molecule has 0 bridgehead atoms. The van der Waals surface area contributed by atoms with Crippen molar-refractivity contribution in [3.8, 4) is 11.5 Å². The zero-order chi connectivity index (χ0) is 26.6. The Hall–Kier alpha value is -3.39. The summed E-state index contributed by atoms with van der Waals surface area (Å²) in [5, 5.41) is 31.0. The minimum Gasteiger partial charge on any atom is -0.504 e. The first-order chi connectivity index (χ1) is 16.8. The van der Waals surface area contributed by atoms with Crippen LogP contribution in [0.4, 0.5) is 0 Å². The number of hydrogen-bond donors (Lipinski definition) is 4. The highest BCUT2D eigenvalue weighted by molar-refractivity contribution is 7.94. The SMILES string of the molecule is CC1(/C=N/NC(=O)C2CCCN(C(=O)c3ccc(O)c(O)c3Cl)C2)[C@H](C(=O)O)N2C(=O)C[C@H]2S1(=O)=O. The average molecular weight is 543 g/mol. The number of fused-ring (bicyclic) bond motifs is 1. The second kappa shape index (κ2) is 8.92. The lowest BCUT2D eigenvalue weighted by Gasteiger charge is -2.35. The number of likely N-dealkylation sites (tertiary alicyclic amines) is 1. The van der Waals surface area contributed by atoms with Crippen LogP contribution < -0.4 is 5.43 Å². The number of amides is 3. The van der Waals surface area contributed by atoms with Gasteiger partial charge in [-0.15, -0.1) is 0 Å². The lowest BCUT2D eigenvalue weighted by Crippen LogP contribution is -2.57. The number of hydrazone groups is 1. The smallest absolute Gasteiger partial charge is 0.328 e. The van der Waals surface area contributed by atoms with E-state index in [9.17, 15) is 42.9 Å². The number of phenols is 2. The number of carboxylic acid groups (broad SMARTS) is 1. The van der Waals surface area contributed by atoms with Gasteiger partial charge in [0.25, 0.3) is 5.91 Å². The number of carboxylic acids is 1. The van der Waals surface area contributed by atoms with Gasteiger partial charge in [-0.25, -0.2) is 18.6 Å². The van der Waals surface area contributed by atoms with Gasteiger partial charge < -0.3 is 25.1 Å². The van der Waals surface area contributed by atoms with E-state index in [0.717, 1.165) is 24.1 Å². The number of halogens is 1. The number of carbonyl (C=O) groups excluding carboxylic acids is 3. The molecule has 194 valence electrons. The van der Waals surface area contributed by atoms with Crippen molar-refractivity contribution in [3.63, 3.8) is 0 Å². The monoisotopic (exact) mass is 542 g/mol. The molecule has 4 N–H and O–H groups in total. The molecule has 3 heterocycles. The van der Waals surface area contributed by atoms with E-state index in [-0.39, 0.29) is 23.6 Å². The number of rotatable bonds is 5. The van der Waals surface area contributed by atoms with Gasteiger partial charge >= 0.3 is 5.97 Å². The molecule has 15 heteroatoms. The Morgan fingerprint density at radius 3 is 2.61 bits per heavy atom. The van der Waals surface area contributed by atoms with E-state index in [1.807, 2.05) is 0 Å². The van der Waals surface area contributed by atoms with Crippen LogP contribution in [0.3, 0.4) is 0 Å². The number of hydrogen-bond acceptors (Lipinski definition) is 9. The molecule has 3 aliphatic rings. The Morgan fingerprint density at radius 2 is 1.97 bits per heavy atom. The molecule has 3 aliphatic heterocycles. The summed E-state index contributed by atoms with van der Waals surface area (Å²) in [6.07, 6.45) is 1.38. The zero-order valence-electron chi connectivity index (χ0n) is 18.9. The van der Waals surface area contributed by atoms with E-state index < -0.39 is 67.1 Å². The second-order valence-electron chi connectivity index (χ2n) is 9.05. The first kappa shape index (κ1) is 25.7. The number of sulfone groups is 1. The predicted molar refractivity (Wildman–Crippen MR) is 124 cm³/mol. The van der Waals surface area contributed by atoms with Crippen LogP contribution in [-0.2, 0) is 24.2 Å². The Labute approximate surface area is 210 Å². The maximum Gasteiger partial charge on any atom is 0.328 e. The summed E-state index contributed by atoms with van der Waals surface area (Å²) in [5.41, 5.74) is 2.17. The Balaban J connectivity index is 1.46. The van der Waals surface area contributed by atoms with Gasteiger partial charge in [-0.2, -0.15) is 5.10 Å². The highest BCUT2D eigenvalue weighted by atomic mass is 35.5. The van der Waals surface area contributed by atoms with Gasteiger partial charge in [0.05, 0.1) is 22.9 Å². The van der Waals surface area contributed by atoms with Gasteiger partial charge in [0.15, 0.2) is 27.4 Å². The largest absolute Gasteiger partial charge is 0.504 e. The third kappa shape index (κ3) is 3.84. The third-order valence-electron chi connectivity index (χ3n) is 6.87. The normalized spacial score (nSPS) is 29.1. The Morgan fingerprint density at radius 1 is 1.28 bits per heavy atom. The number of β-lactam (4-membered cyclic amide) rings is 1. The van der Waals surface area contributed by atoms with E-state index in [4.69, 9.17) is 11.6 Å². The quantitative estimate of drug-likeness (QED) is 0.170. The minimum absolute atomic E-state index is 0.0180. The van der Waals surface area contributed by atoms with Gasteiger partial charge in [-0.1, -0.05) is 11.6 Å². The third-order valence-corrected chi connectivity index (χ3v) is 9.92. The van der Waals surface area contributed by atoms with Gasteiger partial charge in [0, 0.05) is 19.3 Å². The molecule has 4 rings (SSSR count). The van der Waals surface area contributed by atoms with E-state index in [1.54, 1.807) is 0 Å². The number of benzene rings is 1. The molecule has 13 nitrogen and oxygen atoms in total. The summed E-state index contributed by atoms with van der Waals surface area (Å²) in [4.78, 5) is 51.4. The Kier molecular flexibility index (Phi) is 6.37. The fourth-order valence-corrected chi connectivity index (χ4v) is 7.24. The molecule has 0 aromatic heterocycles. The number of aromatic hydroxyl groups is 2. The van der Waals surface area contributed by atoms with Crippen molar-refractivity contribution in [1.82, 2.24) is 15.2 Å². The molecule has 1 aromatic carbocycles. The van der Waals surface area contributed by atoms with E-state index in [0.29, 0.717) is 19.4 Å².